The fraction of sp³-hybridized carbons (Fsp3) is 0. The quantitative estimate of drug-likeness (QED) is 0.714. The van der Waals surface area contributed by atoms with E-state index in [1.807, 2.05) is 0 Å². The van der Waals surface area contributed by atoms with Gasteiger partial charge in [-0.3, -0.25) is 0 Å². The van der Waals surface area contributed by atoms with Gasteiger partial charge in [-0.1, -0.05) is 15.9 Å². The first-order valence-corrected chi connectivity index (χ1v) is 5.16. The van der Waals surface area contributed by atoms with E-state index in [2.05, 4.69) is 20.3 Å². The minimum Gasteiger partial charge on any atom is -0.141 e. The lowest BCUT2D eigenvalue weighted by Gasteiger charge is -1.87. The molecule has 0 heterocycles. The average Bonchev–Trinajstić information content (AvgIpc) is 2.05. The molecule has 0 saturated carbocycles. The number of hydrogen-bond acceptors (Lipinski definition) is 3. The number of rotatable bonds is 1. The van der Waals surface area contributed by atoms with Crippen molar-refractivity contribution in [1.82, 2.24) is 0 Å². The molecule has 0 aliphatic rings. The van der Waals surface area contributed by atoms with Gasteiger partial charge >= 0.3 is 10.0 Å². The molecule has 0 bridgehead atoms. The van der Waals surface area contributed by atoms with Gasteiger partial charge in [0.05, 0.1) is 0 Å². The van der Waals surface area contributed by atoms with Crippen LogP contribution in [0.1, 0.15) is 0 Å². The molecule has 1 aromatic carbocycles. The molecule has 4 nitrogen and oxygen atoms in total. The third-order valence-electron chi connectivity index (χ3n) is 1.22. The highest BCUT2D eigenvalue weighted by molar-refractivity contribution is 9.10. The summed E-state index contributed by atoms with van der Waals surface area (Å²) in [6, 6.07) is 5.80. The molecule has 0 saturated heterocycles. The van der Waals surface area contributed by atoms with Crippen molar-refractivity contribution in [2.75, 3.05) is 0 Å². The first-order valence-electron chi connectivity index (χ1n) is 2.93. The molecule has 0 N–H and O–H groups in total. The van der Waals surface area contributed by atoms with Gasteiger partial charge in [-0.15, -0.1) is 8.42 Å². The largest absolute Gasteiger partial charge is 0.552 e. The summed E-state index contributed by atoms with van der Waals surface area (Å²) < 4.78 is 24.8. The van der Waals surface area contributed by atoms with Crippen LogP contribution in [0.4, 0.5) is 0 Å². The van der Waals surface area contributed by atoms with Crippen molar-refractivity contribution in [2.45, 2.75) is 4.90 Å². The van der Waals surface area contributed by atoms with Crippen LogP contribution in [-0.4, -0.2) is 8.42 Å². The molecular formula is C6H4BrN2O2S+. The van der Waals surface area contributed by atoms with Gasteiger partial charge in [0.15, 0.2) is 4.90 Å². The zero-order valence-corrected chi connectivity index (χ0v) is 8.21. The van der Waals surface area contributed by atoms with Gasteiger partial charge in [0.2, 0.25) is 5.39 Å². The van der Waals surface area contributed by atoms with Crippen LogP contribution >= 0.6 is 15.9 Å². The zero-order valence-electron chi connectivity index (χ0n) is 5.81. The highest BCUT2D eigenvalue weighted by Crippen LogP contribution is 2.15. The van der Waals surface area contributed by atoms with E-state index < -0.39 is 10.0 Å². The molecule has 0 unspecified atom stereocenters. The highest BCUT2D eigenvalue weighted by atomic mass is 79.9. The standard InChI is InChI=1S/C6H4BrN2O2S/c7-5-1-3-6(4-2-5)12(10,11)9-8/h1-4H/q+1. The van der Waals surface area contributed by atoms with E-state index in [-0.39, 0.29) is 4.90 Å². The summed E-state index contributed by atoms with van der Waals surface area (Å²) in [7, 11) is -3.86. The van der Waals surface area contributed by atoms with Crippen LogP contribution in [0.3, 0.4) is 0 Å². The second kappa shape index (κ2) is 3.21. The Hall–Kier alpha value is -0.930. The number of diazo groups is 1. The fourth-order valence-electron chi connectivity index (χ4n) is 0.654. The topological polar surface area (TPSA) is 62.3 Å². The molecule has 0 aliphatic heterocycles. The number of sulfonamides is 1. The van der Waals surface area contributed by atoms with E-state index in [0.717, 1.165) is 4.47 Å². The molecule has 62 valence electrons. The summed E-state index contributed by atoms with van der Waals surface area (Å²) >= 11 is 3.15. The minimum atomic E-state index is -3.86. The van der Waals surface area contributed by atoms with E-state index in [1.54, 1.807) is 12.1 Å². The SMILES string of the molecule is N#[N+]S(=O)(=O)c1ccc(Br)cc1. The second-order valence-corrected chi connectivity index (χ2v) is 4.51. The van der Waals surface area contributed by atoms with Crippen LogP contribution < -0.4 is 0 Å². The Morgan fingerprint density at radius 2 is 1.75 bits per heavy atom. The summed E-state index contributed by atoms with van der Waals surface area (Å²) in [4.78, 5) is -0.0341. The number of halogens is 1. The number of nitrogens with zero attached hydrogens (tertiary/aromatic N) is 2. The predicted molar refractivity (Wildman–Crippen MR) is 46.4 cm³/mol. The molecule has 1 aromatic rings. The molecular weight excluding hydrogens is 244 g/mol. The van der Waals surface area contributed by atoms with Crippen molar-refractivity contribution < 1.29 is 8.42 Å². The van der Waals surface area contributed by atoms with E-state index in [1.165, 1.54) is 12.1 Å². The van der Waals surface area contributed by atoms with Gasteiger partial charge in [-0.2, -0.15) is 0 Å². The molecule has 1 rings (SSSR count). The van der Waals surface area contributed by atoms with Crippen molar-refractivity contribution in [3.63, 3.8) is 0 Å². The average molecular weight is 248 g/mol. The molecule has 0 aromatic heterocycles. The Morgan fingerprint density at radius 3 is 2.17 bits per heavy atom. The first kappa shape index (κ1) is 9.16. The van der Waals surface area contributed by atoms with Crippen molar-refractivity contribution in [3.8, 4) is 0 Å². The third kappa shape index (κ3) is 1.81. The predicted octanol–water partition coefficient (Wildman–Crippen LogP) is 1.99. The van der Waals surface area contributed by atoms with Crippen LogP contribution in [-0.2, 0) is 10.0 Å². The van der Waals surface area contributed by atoms with Crippen molar-refractivity contribution >= 4 is 26.0 Å². The molecule has 0 aliphatic carbocycles. The van der Waals surface area contributed by atoms with Gasteiger partial charge in [0.25, 0.3) is 4.38 Å². The fourth-order valence-corrected chi connectivity index (χ4v) is 1.49. The summed E-state index contributed by atoms with van der Waals surface area (Å²) in [6.45, 7) is 0. The zero-order chi connectivity index (χ0) is 9.19. The minimum absolute atomic E-state index is 0.0341. The molecule has 0 radical (unpaired) electrons. The maximum atomic E-state index is 10.9. The lowest BCUT2D eigenvalue weighted by molar-refractivity contribution is 0.603. The summed E-state index contributed by atoms with van der Waals surface area (Å²) in [6.07, 6.45) is 0. The second-order valence-electron chi connectivity index (χ2n) is 2.01. The maximum Gasteiger partial charge on any atom is 0.552 e. The third-order valence-corrected chi connectivity index (χ3v) is 2.83. The first-order chi connectivity index (χ1) is 5.56. The molecule has 0 atom stereocenters. The van der Waals surface area contributed by atoms with Gasteiger partial charge in [-0.25, -0.2) is 0 Å². The van der Waals surface area contributed by atoms with Crippen LogP contribution in [0, 0.1) is 5.39 Å². The monoisotopic (exact) mass is 247 g/mol. The Kier molecular flexibility index (Phi) is 2.45. The summed E-state index contributed by atoms with van der Waals surface area (Å²) in [5.41, 5.74) is 0. The Labute approximate surface area is 78.0 Å². The van der Waals surface area contributed by atoms with Gasteiger partial charge in [-0.05, 0) is 24.3 Å². The Bertz CT molecular complexity index is 418. The lowest BCUT2D eigenvalue weighted by atomic mass is 10.4. The van der Waals surface area contributed by atoms with Gasteiger partial charge in [0, 0.05) is 4.47 Å². The van der Waals surface area contributed by atoms with Crippen LogP contribution in [0.15, 0.2) is 33.6 Å². The molecule has 0 spiro atoms. The van der Waals surface area contributed by atoms with Crippen molar-refractivity contribution in [3.05, 3.63) is 33.1 Å². The van der Waals surface area contributed by atoms with E-state index in [9.17, 15) is 8.42 Å². The van der Waals surface area contributed by atoms with Crippen LogP contribution in [0.5, 0.6) is 0 Å². The van der Waals surface area contributed by atoms with E-state index in [0.29, 0.717) is 0 Å². The van der Waals surface area contributed by atoms with Crippen LogP contribution in [0.25, 0.3) is 4.38 Å². The summed E-state index contributed by atoms with van der Waals surface area (Å²) in [5, 5.41) is 8.14. The smallest absolute Gasteiger partial charge is 0.141 e. The summed E-state index contributed by atoms with van der Waals surface area (Å²) in [5.74, 6) is 0. The van der Waals surface area contributed by atoms with E-state index in [4.69, 9.17) is 5.39 Å². The molecule has 0 fully saturated rings. The van der Waals surface area contributed by atoms with E-state index >= 15 is 0 Å². The highest BCUT2D eigenvalue weighted by Gasteiger charge is 2.25. The normalized spacial score (nSPS) is 10.7. The Balaban J connectivity index is 3.26. The number of benzene rings is 1. The van der Waals surface area contributed by atoms with Crippen molar-refractivity contribution in [1.29, 1.82) is 5.39 Å². The molecule has 6 heteroatoms. The molecule has 0 amide bonds. The van der Waals surface area contributed by atoms with Crippen LogP contribution in [0.2, 0.25) is 0 Å². The molecule has 12 heavy (non-hydrogen) atoms. The van der Waals surface area contributed by atoms with Gasteiger partial charge < -0.3 is 0 Å². The van der Waals surface area contributed by atoms with Gasteiger partial charge in [0.1, 0.15) is 0 Å². The number of hydrogen-bond donors (Lipinski definition) is 0. The van der Waals surface area contributed by atoms with Crippen molar-refractivity contribution in [2.24, 2.45) is 0 Å². The Morgan fingerprint density at radius 1 is 1.25 bits per heavy atom. The lowest BCUT2D eigenvalue weighted by Crippen LogP contribution is -1.92. The maximum absolute atomic E-state index is 10.9.